The highest BCUT2D eigenvalue weighted by Gasteiger charge is 2.51. The highest BCUT2D eigenvalue weighted by atomic mass is 127. The Balaban J connectivity index is 0.000000187. The molecule has 1 fully saturated rings. The summed E-state index contributed by atoms with van der Waals surface area (Å²) in [5.41, 5.74) is 23.3. The van der Waals surface area contributed by atoms with Crippen LogP contribution in [0.4, 0.5) is 31.8 Å². The van der Waals surface area contributed by atoms with Gasteiger partial charge < -0.3 is 41.7 Å². The molecule has 14 heteroatoms. The lowest BCUT2D eigenvalue weighted by molar-refractivity contribution is 0.00578. The first kappa shape index (κ1) is 34.6. The van der Waals surface area contributed by atoms with Gasteiger partial charge in [0.05, 0.1) is 45.9 Å². The number of hydrogen-bond donors (Lipinski definition) is 4. The summed E-state index contributed by atoms with van der Waals surface area (Å²) in [5.74, 6) is 1.17. The van der Waals surface area contributed by atoms with E-state index >= 15 is 0 Å². The molecule has 0 spiro atoms. The van der Waals surface area contributed by atoms with Crippen LogP contribution in [0.25, 0.3) is 11.1 Å². The number of methoxy groups -OCH3 is 2. The molecule has 44 heavy (non-hydrogen) atoms. The fraction of sp³-hybridized carbons (Fsp3) is 0.267. The topological polar surface area (TPSA) is 167 Å². The van der Waals surface area contributed by atoms with Crippen LogP contribution in [-0.2, 0) is 9.31 Å². The third-order valence-electron chi connectivity index (χ3n) is 7.10. The standard InChI is InChI=1S/C12H17BFNO2.C12H12FN3O.C6H7IN2O/c1-11(2)12(3,4)17-13(16-11)8-5-6-10(15)9(14)7-8;1-17-10-4-5-16-12(15)11(10)7-2-3-9(14)8(13)6-7;1-10-4-2-3-9-6(8)5(4)7/h5-7H,15H2,1-4H3;2-6H,14H2,1H3,(H2,15,16);2-3H,1H3,(H2,8,9). The quantitative estimate of drug-likeness (QED) is 0.127. The van der Waals surface area contributed by atoms with Crippen LogP contribution in [0, 0.1) is 15.2 Å². The maximum absolute atomic E-state index is 13.4. The van der Waals surface area contributed by atoms with Crippen molar-refractivity contribution in [1.29, 1.82) is 0 Å². The van der Waals surface area contributed by atoms with Gasteiger partial charge in [-0.05, 0) is 97.7 Å². The average molecular weight is 720 g/mol. The first-order valence-electron chi connectivity index (χ1n) is 13.3. The van der Waals surface area contributed by atoms with E-state index in [1.165, 1.54) is 37.6 Å². The van der Waals surface area contributed by atoms with Gasteiger partial charge in [0.2, 0.25) is 0 Å². The van der Waals surface area contributed by atoms with Crippen LogP contribution in [0.15, 0.2) is 60.9 Å². The molecule has 2 aromatic heterocycles. The fourth-order valence-corrected chi connectivity index (χ4v) is 4.41. The molecule has 1 aliphatic heterocycles. The molecule has 0 bridgehead atoms. The maximum Gasteiger partial charge on any atom is 0.494 e. The summed E-state index contributed by atoms with van der Waals surface area (Å²) in [6.45, 7) is 7.84. The normalized spacial score (nSPS) is 14.5. The second-order valence-electron chi connectivity index (χ2n) is 10.6. The van der Waals surface area contributed by atoms with E-state index in [1.807, 2.05) is 27.7 Å². The van der Waals surface area contributed by atoms with Gasteiger partial charge in [-0.3, -0.25) is 0 Å². The van der Waals surface area contributed by atoms with Crippen LogP contribution >= 0.6 is 22.6 Å². The molecule has 5 rings (SSSR count). The van der Waals surface area contributed by atoms with Crippen molar-refractivity contribution in [1.82, 2.24) is 9.97 Å². The molecule has 10 nitrogen and oxygen atoms in total. The number of anilines is 4. The average Bonchev–Trinajstić information content (AvgIpc) is 3.20. The van der Waals surface area contributed by atoms with E-state index in [9.17, 15) is 8.78 Å². The largest absolute Gasteiger partial charge is 0.496 e. The monoisotopic (exact) mass is 720 g/mol. The molecule has 0 amide bonds. The van der Waals surface area contributed by atoms with Gasteiger partial charge in [0.15, 0.2) is 0 Å². The summed E-state index contributed by atoms with van der Waals surface area (Å²) in [5, 5.41) is 0. The van der Waals surface area contributed by atoms with Crippen LogP contribution in [0.3, 0.4) is 0 Å². The number of rotatable bonds is 4. The van der Waals surface area contributed by atoms with Gasteiger partial charge in [-0.15, -0.1) is 0 Å². The summed E-state index contributed by atoms with van der Waals surface area (Å²) >= 11 is 2.09. The summed E-state index contributed by atoms with van der Waals surface area (Å²) in [4.78, 5) is 7.84. The summed E-state index contributed by atoms with van der Waals surface area (Å²) in [6, 6.07) is 12.5. The molecule has 234 valence electrons. The zero-order valence-electron chi connectivity index (χ0n) is 25.3. The predicted molar refractivity (Wildman–Crippen MR) is 179 cm³/mol. The van der Waals surface area contributed by atoms with Crippen molar-refractivity contribution < 1.29 is 27.6 Å². The molecule has 0 aliphatic carbocycles. The summed E-state index contributed by atoms with van der Waals surface area (Å²) in [6.07, 6.45) is 3.15. The third kappa shape index (κ3) is 7.98. The molecule has 1 aliphatic rings. The molecule has 2 aromatic carbocycles. The minimum absolute atomic E-state index is 0.0928. The Morgan fingerprint density at radius 1 is 0.727 bits per heavy atom. The van der Waals surface area contributed by atoms with Gasteiger partial charge in [-0.2, -0.15) is 0 Å². The second-order valence-corrected chi connectivity index (χ2v) is 11.7. The van der Waals surface area contributed by atoms with Gasteiger partial charge >= 0.3 is 7.12 Å². The van der Waals surface area contributed by atoms with Gasteiger partial charge in [0.1, 0.15) is 34.8 Å². The Morgan fingerprint density at radius 3 is 1.73 bits per heavy atom. The highest BCUT2D eigenvalue weighted by Crippen LogP contribution is 2.37. The zero-order chi connectivity index (χ0) is 32.8. The van der Waals surface area contributed by atoms with Crippen LogP contribution in [0.2, 0.25) is 0 Å². The first-order valence-corrected chi connectivity index (χ1v) is 14.4. The fourth-order valence-electron chi connectivity index (χ4n) is 3.87. The van der Waals surface area contributed by atoms with Crippen molar-refractivity contribution in [3.8, 4) is 22.6 Å². The minimum Gasteiger partial charge on any atom is -0.496 e. The molecule has 0 unspecified atom stereocenters. The lowest BCUT2D eigenvalue weighted by Gasteiger charge is -2.32. The van der Waals surface area contributed by atoms with Crippen LogP contribution in [0.5, 0.6) is 11.5 Å². The molecule has 3 heterocycles. The van der Waals surface area contributed by atoms with E-state index in [0.717, 1.165) is 9.32 Å². The van der Waals surface area contributed by atoms with Crippen molar-refractivity contribution in [3.63, 3.8) is 0 Å². The molecular formula is C30H36BF2IN6O4. The van der Waals surface area contributed by atoms with Crippen LogP contribution < -0.4 is 37.9 Å². The molecule has 0 radical (unpaired) electrons. The van der Waals surface area contributed by atoms with E-state index in [0.29, 0.717) is 28.2 Å². The van der Waals surface area contributed by atoms with E-state index in [2.05, 4.69) is 32.6 Å². The van der Waals surface area contributed by atoms with Gasteiger partial charge in [-0.25, -0.2) is 18.7 Å². The van der Waals surface area contributed by atoms with Crippen molar-refractivity contribution in [2.75, 3.05) is 37.2 Å². The van der Waals surface area contributed by atoms with E-state index in [-0.39, 0.29) is 17.2 Å². The lowest BCUT2D eigenvalue weighted by Crippen LogP contribution is -2.41. The smallest absolute Gasteiger partial charge is 0.494 e. The Hall–Kier alpha value is -3.89. The molecule has 8 N–H and O–H groups in total. The summed E-state index contributed by atoms with van der Waals surface area (Å²) < 4.78 is 49.5. The minimum atomic E-state index is -0.546. The number of halogens is 3. The number of benzene rings is 2. The number of nitrogens with two attached hydrogens (primary N) is 4. The SMILES string of the molecule is CC1(C)OB(c2ccc(N)c(F)c2)OC1(C)C.COc1ccnc(N)c1-c1ccc(N)c(F)c1.COc1ccnc(N)c1I. The molecule has 0 saturated carbocycles. The number of pyridine rings is 2. The van der Waals surface area contributed by atoms with Crippen molar-refractivity contribution >= 4 is 58.2 Å². The van der Waals surface area contributed by atoms with E-state index in [4.69, 9.17) is 41.7 Å². The van der Waals surface area contributed by atoms with Gasteiger partial charge in [-0.1, -0.05) is 12.1 Å². The molecule has 1 saturated heterocycles. The number of hydrogen-bond acceptors (Lipinski definition) is 10. The Kier molecular flexibility index (Phi) is 11.2. The predicted octanol–water partition coefficient (Wildman–Crippen LogP) is 5.04. The molecule has 0 atom stereocenters. The zero-order valence-corrected chi connectivity index (χ0v) is 27.5. The highest BCUT2D eigenvalue weighted by molar-refractivity contribution is 14.1. The number of nitrogens with zero attached hydrogens (tertiary/aromatic N) is 2. The van der Waals surface area contributed by atoms with Crippen molar-refractivity contribution in [2.45, 2.75) is 38.9 Å². The van der Waals surface area contributed by atoms with Crippen LogP contribution in [0.1, 0.15) is 27.7 Å². The second kappa shape index (κ2) is 14.3. The van der Waals surface area contributed by atoms with Gasteiger partial charge in [0.25, 0.3) is 0 Å². The first-order chi connectivity index (χ1) is 20.6. The van der Waals surface area contributed by atoms with Crippen molar-refractivity contribution in [2.24, 2.45) is 0 Å². The summed E-state index contributed by atoms with van der Waals surface area (Å²) in [7, 11) is 2.58. The van der Waals surface area contributed by atoms with Gasteiger partial charge in [0, 0.05) is 12.4 Å². The Labute approximate surface area is 269 Å². The van der Waals surface area contributed by atoms with E-state index in [1.54, 1.807) is 37.6 Å². The Bertz CT molecular complexity index is 1600. The Morgan fingerprint density at radius 2 is 1.23 bits per heavy atom. The maximum atomic E-state index is 13.4. The number of ether oxygens (including phenoxy) is 2. The number of nitrogen functional groups attached to an aromatic ring is 4. The van der Waals surface area contributed by atoms with Crippen LogP contribution in [-0.4, -0.2) is 42.5 Å². The van der Waals surface area contributed by atoms with E-state index < -0.39 is 30.0 Å². The lowest BCUT2D eigenvalue weighted by atomic mass is 9.79. The molecular weight excluding hydrogens is 684 g/mol. The van der Waals surface area contributed by atoms with Crippen molar-refractivity contribution in [3.05, 3.63) is 76.1 Å². The third-order valence-corrected chi connectivity index (χ3v) is 8.19. The number of aromatic nitrogens is 2. The molecule has 4 aromatic rings.